The van der Waals surface area contributed by atoms with Crippen molar-refractivity contribution in [1.29, 1.82) is 0 Å². The fourth-order valence-electron chi connectivity index (χ4n) is 4.65. The van der Waals surface area contributed by atoms with E-state index in [2.05, 4.69) is 35.3 Å². The zero-order chi connectivity index (χ0) is 22.4. The predicted molar refractivity (Wildman–Crippen MR) is 115 cm³/mol. The highest BCUT2D eigenvalue weighted by Gasteiger charge is 2.35. The van der Waals surface area contributed by atoms with Crippen LogP contribution in [0.15, 0.2) is 28.9 Å². The summed E-state index contributed by atoms with van der Waals surface area (Å²) in [5.41, 5.74) is 2.25. The molecule has 0 saturated carbocycles. The van der Waals surface area contributed by atoms with Gasteiger partial charge < -0.3 is 19.4 Å². The van der Waals surface area contributed by atoms with Crippen molar-refractivity contribution in [2.45, 2.75) is 24.9 Å². The molecule has 1 aromatic carbocycles. The third kappa shape index (κ3) is 4.02. The highest BCUT2D eigenvalue weighted by Crippen LogP contribution is 2.28. The van der Waals surface area contributed by atoms with Crippen molar-refractivity contribution in [3.05, 3.63) is 47.3 Å². The van der Waals surface area contributed by atoms with Crippen molar-refractivity contribution in [2.24, 2.45) is 0 Å². The van der Waals surface area contributed by atoms with Crippen LogP contribution in [0, 0.1) is 11.6 Å². The van der Waals surface area contributed by atoms with E-state index >= 15 is 0 Å². The van der Waals surface area contributed by atoms with Gasteiger partial charge in [0.25, 0.3) is 5.89 Å². The van der Waals surface area contributed by atoms with Crippen LogP contribution in [0.4, 0.5) is 20.7 Å². The summed E-state index contributed by atoms with van der Waals surface area (Å²) in [4.78, 5) is 13.2. The zero-order valence-electron chi connectivity index (χ0n) is 17.9. The quantitative estimate of drug-likeness (QED) is 0.619. The van der Waals surface area contributed by atoms with Crippen molar-refractivity contribution in [3.63, 3.8) is 0 Å². The molecule has 2 saturated heterocycles. The molecular formula is C22H23F2N7O2. The molecule has 0 unspecified atom stereocenters. The summed E-state index contributed by atoms with van der Waals surface area (Å²) in [5.74, 6) is -0.827. The summed E-state index contributed by atoms with van der Waals surface area (Å²) in [5, 5.41) is 11.5. The summed E-state index contributed by atoms with van der Waals surface area (Å²) in [6.45, 7) is 5.23. The number of morpholine rings is 1. The molecule has 0 amide bonds. The first kappa shape index (κ1) is 20.4. The van der Waals surface area contributed by atoms with E-state index in [1.165, 1.54) is 12.1 Å². The summed E-state index contributed by atoms with van der Waals surface area (Å²) >= 11 is 0. The molecule has 4 heterocycles. The van der Waals surface area contributed by atoms with E-state index in [4.69, 9.17) is 9.15 Å². The van der Waals surface area contributed by atoms with Gasteiger partial charge in [-0.15, -0.1) is 5.10 Å². The zero-order valence-corrected chi connectivity index (χ0v) is 17.9. The van der Waals surface area contributed by atoms with Crippen molar-refractivity contribution >= 4 is 12.0 Å². The van der Waals surface area contributed by atoms with Crippen LogP contribution in [0.2, 0.25) is 0 Å². The Labute approximate surface area is 188 Å². The van der Waals surface area contributed by atoms with Crippen LogP contribution in [0.5, 0.6) is 0 Å². The molecule has 2 aromatic heterocycles. The molecule has 0 spiro atoms. The normalized spacial score (nSPS) is 19.5. The van der Waals surface area contributed by atoms with Crippen LogP contribution in [0.3, 0.4) is 0 Å². The maximum atomic E-state index is 13.5. The molecule has 1 N–H and O–H groups in total. The van der Waals surface area contributed by atoms with Crippen LogP contribution >= 0.6 is 0 Å². The molecule has 9 nitrogen and oxygen atoms in total. The number of ether oxygens (including phenoxy) is 1. The first-order valence-electron chi connectivity index (χ1n) is 11.1. The molecule has 2 fully saturated rings. The summed E-state index contributed by atoms with van der Waals surface area (Å²) < 4.78 is 38.2. The van der Waals surface area contributed by atoms with Crippen LogP contribution < -0.4 is 10.2 Å². The number of nitrogens with one attached hydrogen (secondary N) is 1. The largest absolute Gasteiger partial charge is 0.403 e. The monoisotopic (exact) mass is 455 g/mol. The number of rotatable bonds is 5. The highest BCUT2D eigenvalue weighted by molar-refractivity contribution is 5.52. The summed E-state index contributed by atoms with van der Waals surface area (Å²) in [7, 11) is 0. The second kappa shape index (κ2) is 8.31. The molecule has 0 radical (unpaired) electrons. The SMILES string of the molecule is Fc1cc2c(cc1F)CC(Nc1ncc(-c3nnc(N4CC(N5CCOCC5)C4)o3)cn1)C2. The van der Waals surface area contributed by atoms with Gasteiger partial charge in [-0.1, -0.05) is 5.10 Å². The number of fused-ring (bicyclic) bond motifs is 1. The second-order valence-corrected chi connectivity index (χ2v) is 8.68. The van der Waals surface area contributed by atoms with E-state index in [0.29, 0.717) is 42.3 Å². The second-order valence-electron chi connectivity index (χ2n) is 8.68. The van der Waals surface area contributed by atoms with Gasteiger partial charge in [-0.3, -0.25) is 4.90 Å². The van der Waals surface area contributed by atoms with Crippen LogP contribution in [-0.2, 0) is 17.6 Å². The Hall–Kier alpha value is -3.18. The number of hydrogen-bond donors (Lipinski definition) is 1. The van der Waals surface area contributed by atoms with Crippen molar-refractivity contribution in [1.82, 2.24) is 25.1 Å². The number of benzene rings is 1. The number of hydrogen-bond acceptors (Lipinski definition) is 9. The minimum atomic E-state index is -0.816. The lowest BCUT2D eigenvalue weighted by Gasteiger charge is -2.45. The van der Waals surface area contributed by atoms with Gasteiger partial charge in [-0.05, 0) is 36.1 Å². The van der Waals surface area contributed by atoms with Crippen LogP contribution in [0.1, 0.15) is 11.1 Å². The first-order valence-corrected chi connectivity index (χ1v) is 11.1. The van der Waals surface area contributed by atoms with Gasteiger partial charge in [0.1, 0.15) is 0 Å². The van der Waals surface area contributed by atoms with E-state index in [0.717, 1.165) is 50.5 Å². The van der Waals surface area contributed by atoms with E-state index in [1.807, 2.05) is 0 Å². The predicted octanol–water partition coefficient (Wildman–Crippen LogP) is 1.90. The average molecular weight is 455 g/mol. The summed E-state index contributed by atoms with van der Waals surface area (Å²) in [6.07, 6.45) is 4.43. The standard InChI is InChI=1S/C22H23F2N7O2/c23-18-7-13-5-16(6-14(13)8-19(18)24)27-21-25-9-15(10-26-21)20-28-29-22(33-20)31-11-17(12-31)30-1-3-32-4-2-30/h7-10,16-17H,1-6,11-12H2,(H,25,26,27). The fraction of sp³-hybridized carbons (Fsp3) is 0.455. The Bertz CT molecular complexity index is 1110. The molecule has 0 bridgehead atoms. The molecule has 33 heavy (non-hydrogen) atoms. The molecule has 3 aliphatic rings. The molecule has 3 aromatic rings. The van der Waals surface area contributed by atoms with E-state index in [1.54, 1.807) is 12.4 Å². The maximum Gasteiger partial charge on any atom is 0.318 e. The van der Waals surface area contributed by atoms with Gasteiger partial charge in [-0.25, -0.2) is 18.7 Å². The average Bonchev–Trinajstić information content (AvgIpc) is 3.41. The van der Waals surface area contributed by atoms with E-state index in [-0.39, 0.29) is 6.04 Å². The van der Waals surface area contributed by atoms with E-state index < -0.39 is 11.6 Å². The number of aromatic nitrogens is 4. The minimum absolute atomic E-state index is 0.0205. The molecule has 11 heteroatoms. The Morgan fingerprint density at radius 1 is 0.939 bits per heavy atom. The lowest BCUT2D eigenvalue weighted by atomic mass is 10.1. The third-order valence-corrected chi connectivity index (χ3v) is 6.52. The molecule has 172 valence electrons. The molecule has 6 rings (SSSR count). The van der Waals surface area contributed by atoms with Gasteiger partial charge in [0, 0.05) is 50.7 Å². The maximum absolute atomic E-state index is 13.5. The van der Waals surface area contributed by atoms with Gasteiger partial charge >= 0.3 is 6.01 Å². The fourth-order valence-corrected chi connectivity index (χ4v) is 4.65. The van der Waals surface area contributed by atoms with Crippen molar-refractivity contribution in [3.8, 4) is 11.5 Å². The highest BCUT2D eigenvalue weighted by atomic mass is 19.2. The van der Waals surface area contributed by atoms with Crippen molar-refractivity contribution < 1.29 is 17.9 Å². The Morgan fingerprint density at radius 2 is 1.61 bits per heavy atom. The number of anilines is 2. The van der Waals surface area contributed by atoms with Gasteiger partial charge in [0.2, 0.25) is 5.95 Å². The minimum Gasteiger partial charge on any atom is -0.403 e. The number of nitrogens with zero attached hydrogens (tertiary/aromatic N) is 6. The molecule has 2 aliphatic heterocycles. The Kier molecular flexibility index (Phi) is 5.14. The Balaban J connectivity index is 1.06. The first-order chi connectivity index (χ1) is 16.1. The van der Waals surface area contributed by atoms with Gasteiger partial charge in [0.15, 0.2) is 11.6 Å². The van der Waals surface area contributed by atoms with E-state index in [9.17, 15) is 8.78 Å². The lowest BCUT2D eigenvalue weighted by molar-refractivity contribution is 0.00985. The molecule has 1 aliphatic carbocycles. The summed E-state index contributed by atoms with van der Waals surface area (Å²) in [6, 6.07) is 3.51. The van der Waals surface area contributed by atoms with Gasteiger partial charge in [-0.2, -0.15) is 0 Å². The Morgan fingerprint density at radius 3 is 2.27 bits per heavy atom. The van der Waals surface area contributed by atoms with Crippen LogP contribution in [0.25, 0.3) is 11.5 Å². The van der Waals surface area contributed by atoms with Crippen molar-refractivity contribution in [2.75, 3.05) is 49.6 Å². The lowest BCUT2D eigenvalue weighted by Crippen LogP contribution is -2.61. The molecular weight excluding hydrogens is 432 g/mol. The molecule has 0 atom stereocenters. The van der Waals surface area contributed by atoms with Crippen LogP contribution in [-0.4, -0.2) is 76.5 Å². The number of halogens is 2. The van der Waals surface area contributed by atoms with Gasteiger partial charge in [0.05, 0.1) is 18.8 Å². The smallest absolute Gasteiger partial charge is 0.318 e. The third-order valence-electron chi connectivity index (χ3n) is 6.52. The topological polar surface area (TPSA) is 92.4 Å².